The molecule has 2 aromatic carbocycles. The fraction of sp³-hybridized carbons (Fsp3) is 0.341. The molecule has 7 rings (SSSR count). The largest absolute Gasteiger partial charge is 0.381 e. The third-order valence-corrected chi connectivity index (χ3v) is 10.3. The molecule has 59 heavy (non-hydrogen) atoms. The summed E-state index contributed by atoms with van der Waals surface area (Å²) in [5.41, 5.74) is -4.13. The first-order valence-electron chi connectivity index (χ1n) is 18.2. The van der Waals surface area contributed by atoms with Gasteiger partial charge in [-0.05, 0) is 75.9 Å². The van der Waals surface area contributed by atoms with E-state index in [2.05, 4.69) is 32.7 Å². The van der Waals surface area contributed by atoms with Crippen molar-refractivity contribution in [3.8, 4) is 23.0 Å². The van der Waals surface area contributed by atoms with Gasteiger partial charge < -0.3 is 20.8 Å². The second-order valence-electron chi connectivity index (χ2n) is 15.5. The Hall–Kier alpha value is -5.70. The van der Waals surface area contributed by atoms with Gasteiger partial charge in [-0.3, -0.25) is 19.0 Å². The molecule has 0 aliphatic heterocycles. The van der Waals surface area contributed by atoms with Crippen LogP contribution in [0.3, 0.4) is 0 Å². The minimum absolute atomic E-state index is 0.000836. The van der Waals surface area contributed by atoms with Crippen molar-refractivity contribution in [2.24, 2.45) is 13.0 Å². The standard InChI is InChI=1S/C41H36ClF6N7O4/c1-39(2,58)13-12-22-6-7-23(24-9-11-27(42)31-34(24)54(5)53-37(31)51-38(57)40(3,4)59)32(49-22)28(16-19-14-20(43)17-21(44)15-19)50-29(56)18-55-35-30(33(52-55)36(45)46)25-8-10-26(25)41(35,47)48/h6-11,14-15,17,25-26,28,36,58-59H,16,18H2,1-5H3,(H,50,56)(H,51,53,57)/t25-,26+,28?/m0/s1. The molecule has 3 heterocycles. The van der Waals surface area contributed by atoms with Gasteiger partial charge in [0.25, 0.3) is 18.3 Å². The first-order chi connectivity index (χ1) is 27.5. The number of halogens is 7. The molecule has 2 aliphatic rings. The minimum Gasteiger partial charge on any atom is -0.381 e. The number of nitrogens with zero attached hydrogens (tertiary/aromatic N) is 5. The molecule has 308 valence electrons. The van der Waals surface area contributed by atoms with Crippen molar-refractivity contribution in [1.29, 1.82) is 0 Å². The van der Waals surface area contributed by atoms with Crippen molar-refractivity contribution in [2.75, 3.05) is 5.32 Å². The number of anilines is 1. The van der Waals surface area contributed by atoms with Crippen LogP contribution in [0.4, 0.5) is 32.2 Å². The van der Waals surface area contributed by atoms with Crippen molar-refractivity contribution in [3.63, 3.8) is 0 Å². The van der Waals surface area contributed by atoms with Gasteiger partial charge in [0.2, 0.25) is 5.91 Å². The Bertz CT molecular complexity index is 2610. The molecule has 18 heteroatoms. The van der Waals surface area contributed by atoms with Crippen LogP contribution in [0, 0.1) is 29.4 Å². The van der Waals surface area contributed by atoms with Crippen LogP contribution >= 0.6 is 11.6 Å². The number of fused-ring (bicyclic) bond motifs is 4. The van der Waals surface area contributed by atoms with Crippen LogP contribution in [0.2, 0.25) is 5.02 Å². The SMILES string of the molecule is Cn1nc(NC(=O)C(C)(C)O)c2c(Cl)ccc(-c3ccc(C#CC(C)(C)O)nc3C(Cc3cc(F)cc(F)c3)NC(=O)Cn3nc(C(F)F)c4c3C(F)(F)[C@@H]3C=C[C@H]43)c21. The van der Waals surface area contributed by atoms with Crippen LogP contribution in [0.25, 0.3) is 22.0 Å². The van der Waals surface area contributed by atoms with E-state index in [1.54, 1.807) is 19.2 Å². The predicted octanol–water partition coefficient (Wildman–Crippen LogP) is 7.01. The number of hydrogen-bond acceptors (Lipinski definition) is 7. The number of carbonyl (C=O) groups is 2. The van der Waals surface area contributed by atoms with Crippen LogP contribution in [-0.4, -0.2) is 57.8 Å². The molecule has 3 atom stereocenters. The zero-order valence-corrected chi connectivity index (χ0v) is 32.8. The number of aryl methyl sites for hydroxylation is 1. The molecular formula is C41H36ClF6N7O4. The monoisotopic (exact) mass is 839 g/mol. The lowest BCUT2D eigenvalue weighted by atomic mass is 9.81. The van der Waals surface area contributed by atoms with Gasteiger partial charge in [0.1, 0.15) is 46.5 Å². The van der Waals surface area contributed by atoms with Gasteiger partial charge in [-0.25, -0.2) is 22.5 Å². The van der Waals surface area contributed by atoms with Crippen molar-refractivity contribution < 1.29 is 46.1 Å². The second-order valence-corrected chi connectivity index (χ2v) is 15.9. The number of allylic oxidation sites excluding steroid dienone is 2. The fourth-order valence-corrected chi connectivity index (χ4v) is 7.56. The van der Waals surface area contributed by atoms with Crippen molar-refractivity contribution >= 4 is 40.1 Å². The van der Waals surface area contributed by atoms with E-state index in [9.17, 15) is 37.4 Å². The minimum atomic E-state index is -3.61. The smallest absolute Gasteiger partial charge is 0.296 e. The van der Waals surface area contributed by atoms with Crippen LogP contribution in [-0.2, 0) is 35.5 Å². The molecule has 0 radical (unpaired) electrons. The number of alkyl halides is 4. The quantitative estimate of drug-likeness (QED) is 0.0673. The summed E-state index contributed by atoms with van der Waals surface area (Å²) in [6, 6.07) is 7.56. The number of aromatic nitrogens is 5. The van der Waals surface area contributed by atoms with E-state index in [-0.39, 0.29) is 50.7 Å². The lowest BCUT2D eigenvalue weighted by molar-refractivity contribution is -0.130. The van der Waals surface area contributed by atoms with E-state index < -0.39 is 82.8 Å². The van der Waals surface area contributed by atoms with Gasteiger partial charge in [0.05, 0.1) is 33.6 Å². The summed E-state index contributed by atoms with van der Waals surface area (Å²) in [4.78, 5) is 31.6. The van der Waals surface area contributed by atoms with E-state index >= 15 is 8.78 Å². The lowest BCUT2D eigenvalue weighted by Gasteiger charge is -2.27. The normalized spacial score (nSPS) is 17.3. The van der Waals surface area contributed by atoms with Gasteiger partial charge in [-0.1, -0.05) is 35.7 Å². The maximum Gasteiger partial charge on any atom is 0.296 e. The molecule has 3 aromatic heterocycles. The Labute approximate surface area is 338 Å². The Morgan fingerprint density at radius 1 is 0.983 bits per heavy atom. The Morgan fingerprint density at radius 2 is 1.66 bits per heavy atom. The molecule has 11 nitrogen and oxygen atoms in total. The third kappa shape index (κ3) is 7.91. The molecule has 0 saturated heterocycles. The van der Waals surface area contributed by atoms with E-state index in [0.29, 0.717) is 21.8 Å². The van der Waals surface area contributed by atoms with Crippen LogP contribution in [0.1, 0.15) is 80.0 Å². The molecule has 2 aliphatic carbocycles. The number of benzene rings is 2. The molecule has 4 N–H and O–H groups in total. The van der Waals surface area contributed by atoms with E-state index in [1.165, 1.54) is 56.7 Å². The highest BCUT2D eigenvalue weighted by Crippen LogP contribution is 2.60. The summed E-state index contributed by atoms with van der Waals surface area (Å²) in [7, 11) is 1.56. The average Bonchev–Trinajstić information content (AvgIpc) is 3.68. The van der Waals surface area contributed by atoms with Crippen LogP contribution < -0.4 is 10.6 Å². The Balaban J connectivity index is 1.38. The zero-order valence-electron chi connectivity index (χ0n) is 32.0. The highest BCUT2D eigenvalue weighted by Gasteiger charge is 2.60. The zero-order chi connectivity index (χ0) is 42.9. The topological polar surface area (TPSA) is 147 Å². The molecule has 1 unspecified atom stereocenters. The van der Waals surface area contributed by atoms with Crippen molar-refractivity contribution in [2.45, 2.75) is 76.2 Å². The van der Waals surface area contributed by atoms with E-state index in [0.717, 1.165) is 12.1 Å². The second kappa shape index (κ2) is 14.8. The number of nitrogens with one attached hydrogen (secondary N) is 2. The first kappa shape index (κ1) is 41.5. The number of carbonyl (C=O) groups excluding carboxylic acids is 2. The molecular weight excluding hydrogens is 804 g/mol. The number of rotatable bonds is 10. The average molecular weight is 840 g/mol. The molecule has 0 bridgehead atoms. The summed E-state index contributed by atoms with van der Waals surface area (Å²) in [6.07, 6.45) is -0.946. The van der Waals surface area contributed by atoms with Gasteiger partial charge in [-0.2, -0.15) is 19.0 Å². The molecule has 0 saturated carbocycles. The van der Waals surface area contributed by atoms with Gasteiger partial charge in [-0.15, -0.1) is 0 Å². The maximum atomic E-state index is 15.6. The Morgan fingerprint density at radius 3 is 2.27 bits per heavy atom. The third-order valence-electron chi connectivity index (χ3n) is 9.96. The molecule has 5 aromatic rings. The van der Waals surface area contributed by atoms with Crippen molar-refractivity contribution in [3.05, 3.63) is 105 Å². The Kier molecular flexibility index (Phi) is 10.4. The maximum absolute atomic E-state index is 15.6. The highest BCUT2D eigenvalue weighted by molar-refractivity contribution is 6.37. The summed E-state index contributed by atoms with van der Waals surface area (Å²) >= 11 is 6.67. The summed E-state index contributed by atoms with van der Waals surface area (Å²) in [5.74, 6) is -4.20. The number of hydrogen-bond donors (Lipinski definition) is 4. The first-order valence-corrected chi connectivity index (χ1v) is 18.6. The van der Waals surface area contributed by atoms with Gasteiger partial charge in [0.15, 0.2) is 5.82 Å². The predicted molar refractivity (Wildman–Crippen MR) is 204 cm³/mol. The lowest BCUT2D eigenvalue weighted by Crippen LogP contribution is -2.36. The number of amides is 2. The van der Waals surface area contributed by atoms with Crippen LogP contribution in [0.5, 0.6) is 0 Å². The summed E-state index contributed by atoms with van der Waals surface area (Å²) < 4.78 is 90.7. The van der Waals surface area contributed by atoms with Crippen molar-refractivity contribution in [1.82, 2.24) is 29.9 Å². The number of aliphatic hydroxyl groups is 2. The fourth-order valence-electron chi connectivity index (χ4n) is 7.32. The highest BCUT2D eigenvalue weighted by atomic mass is 35.5. The molecule has 0 spiro atoms. The van der Waals surface area contributed by atoms with Gasteiger partial charge in [0, 0.05) is 35.7 Å². The van der Waals surface area contributed by atoms with E-state index in [1.807, 2.05) is 0 Å². The molecule has 0 fully saturated rings. The summed E-state index contributed by atoms with van der Waals surface area (Å²) in [5, 5.41) is 34.5. The summed E-state index contributed by atoms with van der Waals surface area (Å²) in [6.45, 7) is 4.50. The van der Waals surface area contributed by atoms with Gasteiger partial charge >= 0.3 is 0 Å². The van der Waals surface area contributed by atoms with Crippen LogP contribution in [0.15, 0.2) is 54.6 Å². The van der Waals surface area contributed by atoms with E-state index in [4.69, 9.17) is 16.6 Å². The number of pyridine rings is 1. The molecule has 2 amide bonds.